The first-order valence-electron chi connectivity index (χ1n) is 9.26. The molecule has 0 unspecified atom stereocenters. The van der Waals surface area contributed by atoms with Gasteiger partial charge in [0.15, 0.2) is 0 Å². The third-order valence-electron chi connectivity index (χ3n) is 6.22. The van der Waals surface area contributed by atoms with Crippen LogP contribution in [0.15, 0.2) is 42.5 Å². The number of methoxy groups -OCH3 is 1. The molecule has 25 heavy (non-hydrogen) atoms. The normalized spacial score (nSPS) is 24.2. The van der Waals surface area contributed by atoms with Crippen LogP contribution in [0.5, 0.6) is 5.75 Å². The number of para-hydroxylation sites is 1. The average molecular weight is 335 g/mol. The molecule has 3 aliphatic rings. The quantitative estimate of drug-likeness (QED) is 0.838. The Labute approximate surface area is 149 Å². The molecule has 0 N–H and O–H groups in total. The monoisotopic (exact) mass is 335 g/mol. The van der Waals surface area contributed by atoms with E-state index in [4.69, 9.17) is 4.74 Å². The number of hydrogen-bond donors (Lipinski definition) is 0. The molecule has 0 bridgehead atoms. The van der Waals surface area contributed by atoms with E-state index in [2.05, 4.69) is 58.1 Å². The Hall–Kier alpha value is -2.36. The summed E-state index contributed by atoms with van der Waals surface area (Å²) in [5, 5.41) is 0. The number of nitrogens with zero attached hydrogens (tertiary/aromatic N) is 3. The molecule has 0 spiro atoms. The summed E-state index contributed by atoms with van der Waals surface area (Å²) in [7, 11) is 3.96. The lowest BCUT2D eigenvalue weighted by molar-refractivity contribution is 0.413. The highest BCUT2D eigenvalue weighted by Gasteiger charge is 2.44. The summed E-state index contributed by atoms with van der Waals surface area (Å²) < 4.78 is 5.42. The zero-order valence-corrected chi connectivity index (χ0v) is 15.0. The topological polar surface area (TPSA) is 19.0 Å². The maximum absolute atomic E-state index is 5.42. The van der Waals surface area contributed by atoms with Gasteiger partial charge in [0.1, 0.15) is 5.75 Å². The first-order chi connectivity index (χ1) is 12.3. The lowest BCUT2D eigenvalue weighted by atomic mass is 9.88. The summed E-state index contributed by atoms with van der Waals surface area (Å²) in [4.78, 5) is 7.63. The first-order valence-corrected chi connectivity index (χ1v) is 9.26. The summed E-state index contributed by atoms with van der Waals surface area (Å²) in [5.41, 5.74) is 5.73. The molecule has 1 saturated heterocycles. The molecule has 4 nitrogen and oxygen atoms in total. The van der Waals surface area contributed by atoms with Crippen molar-refractivity contribution in [2.45, 2.75) is 18.4 Å². The number of likely N-dealkylation sites (N-methyl/N-ethyl adjacent to an activating group) is 1. The van der Waals surface area contributed by atoms with Crippen molar-refractivity contribution in [1.82, 2.24) is 0 Å². The minimum atomic E-state index is 0.599. The van der Waals surface area contributed by atoms with Gasteiger partial charge >= 0.3 is 0 Å². The van der Waals surface area contributed by atoms with Crippen molar-refractivity contribution < 1.29 is 4.74 Å². The van der Waals surface area contributed by atoms with E-state index in [1.165, 1.54) is 23.5 Å². The fourth-order valence-electron chi connectivity index (χ4n) is 4.95. The first kappa shape index (κ1) is 14.9. The summed E-state index contributed by atoms with van der Waals surface area (Å²) in [6.07, 6.45) is 1.22. The van der Waals surface area contributed by atoms with E-state index >= 15 is 0 Å². The van der Waals surface area contributed by atoms with Crippen molar-refractivity contribution in [3.63, 3.8) is 0 Å². The Kier molecular flexibility index (Phi) is 3.34. The highest BCUT2D eigenvalue weighted by Crippen LogP contribution is 2.50. The van der Waals surface area contributed by atoms with Crippen LogP contribution < -0.4 is 19.4 Å². The van der Waals surface area contributed by atoms with Gasteiger partial charge in [-0.05, 0) is 30.2 Å². The number of anilines is 3. The second kappa shape index (κ2) is 5.58. The van der Waals surface area contributed by atoms with Gasteiger partial charge in [-0.15, -0.1) is 0 Å². The molecular weight excluding hydrogens is 310 g/mol. The van der Waals surface area contributed by atoms with Crippen molar-refractivity contribution >= 4 is 17.1 Å². The maximum Gasteiger partial charge on any atom is 0.120 e. The van der Waals surface area contributed by atoms with Gasteiger partial charge in [-0.25, -0.2) is 0 Å². The van der Waals surface area contributed by atoms with Gasteiger partial charge in [-0.3, -0.25) is 0 Å². The van der Waals surface area contributed by atoms with Crippen molar-refractivity contribution in [2.75, 3.05) is 55.0 Å². The second-order valence-electron chi connectivity index (χ2n) is 7.44. The minimum absolute atomic E-state index is 0.599. The summed E-state index contributed by atoms with van der Waals surface area (Å²) >= 11 is 0. The molecule has 2 atom stereocenters. The van der Waals surface area contributed by atoms with E-state index in [1.54, 1.807) is 12.7 Å². The Morgan fingerprint density at radius 1 is 1.04 bits per heavy atom. The lowest BCUT2D eigenvalue weighted by Crippen LogP contribution is -2.49. The number of rotatable bonds is 2. The van der Waals surface area contributed by atoms with Crippen LogP contribution in [0.1, 0.15) is 17.9 Å². The average Bonchev–Trinajstić information content (AvgIpc) is 2.99. The molecule has 4 heteroatoms. The van der Waals surface area contributed by atoms with E-state index in [1.807, 2.05) is 6.07 Å². The van der Waals surface area contributed by atoms with E-state index < -0.39 is 0 Å². The Bertz CT molecular complexity index is 805. The number of piperidine rings is 1. The standard InChI is InChI=1S/C21H25N3O/c1-22-11-12-24-19-9-10-23(15-5-3-6-16(13-15)25-2)14-18(19)17-7-4-8-20(22)21(17)24/h3-8,13,18-19H,9-12,14H2,1-2H3/t18-,19-/m0/s1. The fraction of sp³-hybridized carbons (Fsp3) is 0.429. The van der Waals surface area contributed by atoms with Gasteiger partial charge in [0, 0.05) is 56.9 Å². The van der Waals surface area contributed by atoms with Gasteiger partial charge in [-0.1, -0.05) is 18.2 Å². The van der Waals surface area contributed by atoms with Crippen LogP contribution in [-0.2, 0) is 0 Å². The second-order valence-corrected chi connectivity index (χ2v) is 7.44. The van der Waals surface area contributed by atoms with Gasteiger partial charge in [0.05, 0.1) is 18.5 Å². The molecule has 0 aromatic heterocycles. The molecule has 3 aliphatic heterocycles. The third kappa shape index (κ3) is 2.20. The van der Waals surface area contributed by atoms with Crippen LogP contribution in [0, 0.1) is 0 Å². The molecule has 0 radical (unpaired) electrons. The van der Waals surface area contributed by atoms with Crippen LogP contribution in [0.4, 0.5) is 17.1 Å². The van der Waals surface area contributed by atoms with Crippen LogP contribution in [0.3, 0.4) is 0 Å². The molecule has 1 fully saturated rings. The molecule has 2 aromatic rings. The Morgan fingerprint density at radius 3 is 2.80 bits per heavy atom. The van der Waals surface area contributed by atoms with Gasteiger partial charge in [0.2, 0.25) is 0 Å². The lowest BCUT2D eigenvalue weighted by Gasteiger charge is -2.42. The fourth-order valence-corrected chi connectivity index (χ4v) is 4.95. The van der Waals surface area contributed by atoms with Crippen molar-refractivity contribution in [2.24, 2.45) is 0 Å². The Balaban J connectivity index is 1.50. The van der Waals surface area contributed by atoms with Crippen LogP contribution in [0.25, 0.3) is 0 Å². The molecule has 0 saturated carbocycles. The summed E-state index contributed by atoms with van der Waals surface area (Å²) in [6.45, 7) is 4.48. The molecule has 3 heterocycles. The van der Waals surface area contributed by atoms with Crippen LogP contribution in [0.2, 0.25) is 0 Å². The van der Waals surface area contributed by atoms with E-state index in [0.29, 0.717) is 12.0 Å². The summed E-state index contributed by atoms with van der Waals surface area (Å²) in [5.74, 6) is 1.54. The SMILES string of the molecule is COc1cccc(N2CC[C@H]3[C@@H](C2)c2cccc4c2N3CCN4C)c1. The minimum Gasteiger partial charge on any atom is -0.497 e. The number of ether oxygens (including phenoxy) is 1. The third-order valence-corrected chi connectivity index (χ3v) is 6.22. The van der Waals surface area contributed by atoms with E-state index in [0.717, 1.165) is 31.9 Å². The van der Waals surface area contributed by atoms with Crippen LogP contribution in [-0.4, -0.2) is 46.4 Å². The van der Waals surface area contributed by atoms with Crippen molar-refractivity contribution in [3.8, 4) is 5.75 Å². The van der Waals surface area contributed by atoms with E-state index in [9.17, 15) is 0 Å². The van der Waals surface area contributed by atoms with Crippen molar-refractivity contribution in [3.05, 3.63) is 48.0 Å². The molecule has 0 aliphatic carbocycles. The number of benzene rings is 2. The van der Waals surface area contributed by atoms with Gasteiger partial charge < -0.3 is 19.4 Å². The smallest absolute Gasteiger partial charge is 0.120 e. The molecule has 0 amide bonds. The molecule has 2 aromatic carbocycles. The van der Waals surface area contributed by atoms with E-state index in [-0.39, 0.29) is 0 Å². The van der Waals surface area contributed by atoms with Crippen LogP contribution >= 0.6 is 0 Å². The maximum atomic E-state index is 5.42. The summed E-state index contributed by atoms with van der Waals surface area (Å²) in [6, 6.07) is 16.0. The Morgan fingerprint density at radius 2 is 1.92 bits per heavy atom. The zero-order chi connectivity index (χ0) is 17.0. The molecule has 130 valence electrons. The predicted octanol–water partition coefficient (Wildman–Crippen LogP) is 3.33. The zero-order valence-electron chi connectivity index (χ0n) is 15.0. The van der Waals surface area contributed by atoms with Gasteiger partial charge in [0.25, 0.3) is 0 Å². The van der Waals surface area contributed by atoms with Gasteiger partial charge in [-0.2, -0.15) is 0 Å². The highest BCUT2D eigenvalue weighted by molar-refractivity contribution is 5.81. The largest absolute Gasteiger partial charge is 0.497 e. The van der Waals surface area contributed by atoms with Crippen molar-refractivity contribution in [1.29, 1.82) is 0 Å². The highest BCUT2D eigenvalue weighted by atomic mass is 16.5. The number of fused-ring (bicyclic) bond motifs is 3. The molecular formula is C21H25N3O. The molecule has 5 rings (SSSR count). The number of hydrogen-bond acceptors (Lipinski definition) is 4. The predicted molar refractivity (Wildman–Crippen MR) is 103 cm³/mol.